The molecule has 0 bridgehead atoms. The van der Waals surface area contributed by atoms with Gasteiger partial charge in [-0.3, -0.25) is 14.3 Å². The predicted octanol–water partition coefficient (Wildman–Crippen LogP) is 2.92. The highest BCUT2D eigenvalue weighted by molar-refractivity contribution is 5.84. The normalized spacial score (nSPS) is 27.0. The molecule has 0 spiro atoms. The van der Waals surface area contributed by atoms with Crippen molar-refractivity contribution in [1.82, 2.24) is 15.1 Å². The summed E-state index contributed by atoms with van der Waals surface area (Å²) in [6, 6.07) is -0.148. The molecule has 0 aliphatic heterocycles. The molecular formula is C18H29N3O3. The van der Waals surface area contributed by atoms with Crippen LogP contribution in [0.15, 0.2) is 6.20 Å². The molecule has 6 heteroatoms. The van der Waals surface area contributed by atoms with E-state index in [2.05, 4.69) is 10.4 Å². The topological polar surface area (TPSA) is 84.2 Å². The number of rotatable bonds is 5. The lowest BCUT2D eigenvalue weighted by molar-refractivity contribution is -0.155. The van der Waals surface area contributed by atoms with Crippen LogP contribution in [0.25, 0.3) is 0 Å². The van der Waals surface area contributed by atoms with Gasteiger partial charge in [-0.05, 0) is 46.0 Å². The van der Waals surface area contributed by atoms with E-state index < -0.39 is 16.8 Å². The smallest absolute Gasteiger partial charge is 0.309 e. The van der Waals surface area contributed by atoms with Crippen LogP contribution in [-0.4, -0.2) is 26.8 Å². The molecule has 134 valence electrons. The van der Waals surface area contributed by atoms with Crippen molar-refractivity contribution in [2.75, 3.05) is 0 Å². The Morgan fingerprint density at radius 2 is 2.08 bits per heavy atom. The number of carboxylic acid groups (broad SMARTS) is 1. The van der Waals surface area contributed by atoms with E-state index in [1.54, 1.807) is 6.92 Å². The molecule has 0 radical (unpaired) electrons. The maximum absolute atomic E-state index is 12.8. The first-order valence-corrected chi connectivity index (χ1v) is 8.62. The molecule has 1 heterocycles. The quantitative estimate of drug-likeness (QED) is 0.866. The van der Waals surface area contributed by atoms with E-state index in [-0.39, 0.29) is 17.9 Å². The molecule has 3 atom stereocenters. The summed E-state index contributed by atoms with van der Waals surface area (Å²) in [5, 5.41) is 17.1. The molecule has 6 nitrogen and oxygen atoms in total. The summed E-state index contributed by atoms with van der Waals surface area (Å²) < 4.78 is 1.86. The lowest BCUT2D eigenvalue weighted by atomic mass is 9.65. The van der Waals surface area contributed by atoms with Crippen molar-refractivity contribution in [3.8, 4) is 0 Å². The van der Waals surface area contributed by atoms with Gasteiger partial charge in [-0.25, -0.2) is 0 Å². The minimum absolute atomic E-state index is 0.0684. The molecule has 2 rings (SSSR count). The fourth-order valence-electron chi connectivity index (χ4n) is 3.85. The number of carbonyl (C=O) groups is 2. The van der Waals surface area contributed by atoms with Crippen LogP contribution in [-0.2, 0) is 16.1 Å². The molecule has 1 aliphatic carbocycles. The molecule has 1 aromatic heterocycles. The van der Waals surface area contributed by atoms with E-state index in [0.29, 0.717) is 12.8 Å². The van der Waals surface area contributed by atoms with Crippen LogP contribution in [0.5, 0.6) is 0 Å². The number of aryl methyl sites for hydroxylation is 2. The third-order valence-electron chi connectivity index (χ3n) is 6.15. The standard InChI is InChI=1S/C18H29N3O3/c1-7-21-10-13(12(3)20-21)11(2)19-15(22)14-8-9-18(6,16(23)24)17(14,4)5/h10-11,14H,7-9H2,1-6H3,(H,19,22)(H,23,24)/t11-,14+,18+/m0/s1. The SMILES string of the molecule is CCn1cc([C@H](C)NC(=O)[C@H]2CC[C@](C)(C(=O)O)C2(C)C)c(C)n1. The Bertz CT molecular complexity index is 650. The van der Waals surface area contributed by atoms with E-state index in [9.17, 15) is 14.7 Å². The fraction of sp³-hybridized carbons (Fsp3) is 0.722. The van der Waals surface area contributed by atoms with E-state index in [1.807, 2.05) is 45.5 Å². The van der Waals surface area contributed by atoms with Gasteiger partial charge in [0.1, 0.15) is 0 Å². The summed E-state index contributed by atoms with van der Waals surface area (Å²) in [6.45, 7) is 12.2. The highest BCUT2D eigenvalue weighted by Crippen LogP contribution is 2.56. The number of carbonyl (C=O) groups excluding carboxylic acids is 1. The average Bonchev–Trinajstić information content (AvgIpc) is 2.98. The van der Waals surface area contributed by atoms with E-state index in [4.69, 9.17) is 0 Å². The second-order valence-electron chi connectivity index (χ2n) is 7.71. The lowest BCUT2D eigenvalue weighted by Gasteiger charge is -2.38. The molecule has 1 aliphatic rings. The fourth-order valence-corrected chi connectivity index (χ4v) is 3.85. The van der Waals surface area contributed by atoms with Gasteiger partial charge in [0, 0.05) is 24.2 Å². The van der Waals surface area contributed by atoms with Gasteiger partial charge in [0.15, 0.2) is 0 Å². The van der Waals surface area contributed by atoms with Crippen LogP contribution < -0.4 is 5.32 Å². The summed E-state index contributed by atoms with van der Waals surface area (Å²) in [4.78, 5) is 24.5. The van der Waals surface area contributed by atoms with E-state index >= 15 is 0 Å². The monoisotopic (exact) mass is 335 g/mol. The minimum Gasteiger partial charge on any atom is -0.481 e. The van der Waals surface area contributed by atoms with E-state index in [1.165, 1.54) is 0 Å². The average molecular weight is 335 g/mol. The first-order valence-electron chi connectivity index (χ1n) is 8.62. The second-order valence-corrected chi connectivity index (χ2v) is 7.71. The summed E-state index contributed by atoms with van der Waals surface area (Å²) in [7, 11) is 0. The molecule has 1 aromatic rings. The third-order valence-corrected chi connectivity index (χ3v) is 6.15. The summed E-state index contributed by atoms with van der Waals surface area (Å²) in [5.41, 5.74) is 0.444. The number of carboxylic acids is 1. The molecule has 1 saturated carbocycles. The van der Waals surface area contributed by atoms with Gasteiger partial charge < -0.3 is 10.4 Å². The first kappa shape index (κ1) is 18.5. The minimum atomic E-state index is -0.874. The van der Waals surface area contributed by atoms with Crippen molar-refractivity contribution >= 4 is 11.9 Å². The first-order chi connectivity index (χ1) is 11.0. The Labute approximate surface area is 143 Å². The number of nitrogens with zero attached hydrogens (tertiary/aromatic N) is 2. The third kappa shape index (κ3) is 2.82. The van der Waals surface area contributed by atoms with Crippen LogP contribution in [0, 0.1) is 23.7 Å². The van der Waals surface area contributed by atoms with Gasteiger partial charge in [-0.1, -0.05) is 13.8 Å². The van der Waals surface area contributed by atoms with Crippen molar-refractivity contribution in [2.24, 2.45) is 16.7 Å². The Morgan fingerprint density at radius 1 is 1.46 bits per heavy atom. The second kappa shape index (κ2) is 6.22. The number of hydrogen-bond acceptors (Lipinski definition) is 3. The van der Waals surface area contributed by atoms with Crippen molar-refractivity contribution in [1.29, 1.82) is 0 Å². The lowest BCUT2D eigenvalue weighted by Crippen LogP contribution is -2.45. The maximum atomic E-state index is 12.8. The highest BCUT2D eigenvalue weighted by Gasteiger charge is 2.58. The maximum Gasteiger partial charge on any atom is 0.309 e. The number of nitrogens with one attached hydrogen (secondary N) is 1. The molecule has 1 amide bonds. The van der Waals surface area contributed by atoms with Gasteiger partial charge in [0.2, 0.25) is 5.91 Å². The number of amides is 1. The zero-order valence-corrected chi connectivity index (χ0v) is 15.5. The Hall–Kier alpha value is -1.85. The summed E-state index contributed by atoms with van der Waals surface area (Å²) in [5.74, 6) is -1.19. The van der Waals surface area contributed by atoms with Gasteiger partial charge >= 0.3 is 5.97 Å². The molecule has 1 fully saturated rings. The van der Waals surface area contributed by atoms with Gasteiger partial charge in [-0.15, -0.1) is 0 Å². The Kier molecular flexibility index (Phi) is 4.79. The Morgan fingerprint density at radius 3 is 2.54 bits per heavy atom. The molecule has 0 saturated heterocycles. The van der Waals surface area contributed by atoms with Crippen LogP contribution in [0.1, 0.15) is 64.8 Å². The Balaban J connectivity index is 2.15. The van der Waals surface area contributed by atoms with Crippen molar-refractivity contribution < 1.29 is 14.7 Å². The zero-order valence-electron chi connectivity index (χ0n) is 15.5. The van der Waals surface area contributed by atoms with E-state index in [0.717, 1.165) is 17.8 Å². The zero-order chi connectivity index (χ0) is 18.3. The predicted molar refractivity (Wildman–Crippen MR) is 91.4 cm³/mol. The van der Waals surface area contributed by atoms with Gasteiger partial charge in [-0.2, -0.15) is 5.10 Å². The van der Waals surface area contributed by atoms with Crippen LogP contribution in [0.4, 0.5) is 0 Å². The summed E-state index contributed by atoms with van der Waals surface area (Å²) >= 11 is 0. The van der Waals surface area contributed by atoms with Crippen molar-refractivity contribution in [3.63, 3.8) is 0 Å². The summed E-state index contributed by atoms with van der Waals surface area (Å²) in [6.07, 6.45) is 3.08. The molecule has 2 N–H and O–H groups in total. The number of aliphatic carboxylic acids is 1. The van der Waals surface area contributed by atoms with Crippen molar-refractivity contribution in [3.05, 3.63) is 17.5 Å². The molecule has 0 unspecified atom stereocenters. The van der Waals surface area contributed by atoms with Crippen LogP contribution in [0.2, 0.25) is 0 Å². The van der Waals surface area contributed by atoms with Crippen LogP contribution in [0.3, 0.4) is 0 Å². The molecular weight excluding hydrogens is 306 g/mol. The van der Waals surface area contributed by atoms with Gasteiger partial charge in [0.05, 0.1) is 17.2 Å². The number of hydrogen-bond donors (Lipinski definition) is 2. The number of aromatic nitrogens is 2. The van der Waals surface area contributed by atoms with Crippen molar-refractivity contribution in [2.45, 2.75) is 67.0 Å². The molecule has 0 aromatic carbocycles. The largest absolute Gasteiger partial charge is 0.481 e. The van der Waals surface area contributed by atoms with Crippen LogP contribution >= 0.6 is 0 Å². The highest BCUT2D eigenvalue weighted by atomic mass is 16.4. The van der Waals surface area contributed by atoms with Gasteiger partial charge in [0.25, 0.3) is 0 Å². The molecule has 24 heavy (non-hydrogen) atoms.